The van der Waals surface area contributed by atoms with Crippen molar-refractivity contribution < 1.29 is 18.6 Å². The monoisotopic (exact) mass is 542 g/mol. The fraction of sp³-hybridized carbons (Fsp3) is 0.412. The summed E-state index contributed by atoms with van der Waals surface area (Å²) in [4.78, 5) is 0. The van der Waals surface area contributed by atoms with E-state index in [2.05, 4.69) is 126 Å². The van der Waals surface area contributed by atoms with Gasteiger partial charge in [-0.15, -0.1) is 0 Å². The Morgan fingerprint density at radius 2 is 1.31 bits per heavy atom. The van der Waals surface area contributed by atoms with E-state index < -0.39 is 19.5 Å². The predicted molar refractivity (Wildman–Crippen MR) is 159 cm³/mol. The van der Waals surface area contributed by atoms with Gasteiger partial charge in [0.25, 0.3) is 0 Å². The van der Waals surface area contributed by atoms with Crippen molar-refractivity contribution >= 4 is 8.32 Å². The number of hydrogen-bond donors (Lipinski definition) is 0. The van der Waals surface area contributed by atoms with Crippen LogP contribution in [0.3, 0.4) is 0 Å². The van der Waals surface area contributed by atoms with Crippen LogP contribution in [0.25, 0.3) is 0 Å². The fourth-order valence-corrected chi connectivity index (χ4v) is 10.4. The molecule has 0 spiro atoms. The highest BCUT2D eigenvalue weighted by atomic mass is 28.4. The van der Waals surface area contributed by atoms with Crippen molar-refractivity contribution in [2.45, 2.75) is 81.8 Å². The van der Waals surface area contributed by atoms with Gasteiger partial charge in [0.05, 0.1) is 12.9 Å². The average Bonchev–Trinajstić information content (AvgIpc) is 2.90. The summed E-state index contributed by atoms with van der Waals surface area (Å²) >= 11 is 0. The van der Waals surface area contributed by atoms with Gasteiger partial charge >= 0.3 is 0 Å². The smallest absolute Gasteiger partial charge is 0.208 e. The molecule has 0 saturated carbocycles. The Morgan fingerprint density at radius 3 is 1.82 bits per heavy atom. The van der Waals surface area contributed by atoms with Crippen molar-refractivity contribution in [1.82, 2.24) is 0 Å². The summed E-state index contributed by atoms with van der Waals surface area (Å²) in [6.45, 7) is 11.8. The molecule has 0 radical (unpaired) electrons. The van der Waals surface area contributed by atoms with Crippen LogP contribution in [0.2, 0.25) is 5.04 Å². The Balaban J connectivity index is 1.53. The third-order valence-corrected chi connectivity index (χ3v) is 14.2. The minimum atomic E-state index is -2.59. The molecule has 3 aromatic carbocycles. The Morgan fingerprint density at radius 1 is 0.795 bits per heavy atom. The molecule has 0 aromatic heterocycles. The zero-order chi connectivity index (χ0) is 27.6. The standard InChI is InChI=1S/C34H42O4Si/c1-32(2,3)39(25-28-17-11-7-12-18-28,26-29-19-13-8-14-20-29)38-33(4)21-22-35-30-24-36-31(37-34(30,33)5)23-27-15-9-6-10-16-27/h6-22,30-31H,23-26H2,1-5H3/t30?,31?,33-,34-/m1/s1. The van der Waals surface area contributed by atoms with Crippen molar-refractivity contribution in [1.29, 1.82) is 0 Å². The van der Waals surface area contributed by atoms with Gasteiger partial charge in [-0.1, -0.05) is 112 Å². The van der Waals surface area contributed by atoms with Gasteiger partial charge in [0.15, 0.2) is 12.4 Å². The van der Waals surface area contributed by atoms with E-state index >= 15 is 0 Å². The molecule has 1 fully saturated rings. The zero-order valence-electron chi connectivity index (χ0n) is 23.9. The molecule has 2 heterocycles. The summed E-state index contributed by atoms with van der Waals surface area (Å²) in [6.07, 6.45) is 3.92. The first-order chi connectivity index (χ1) is 18.6. The zero-order valence-corrected chi connectivity index (χ0v) is 24.9. The number of rotatable bonds is 8. The van der Waals surface area contributed by atoms with E-state index in [4.69, 9.17) is 18.6 Å². The van der Waals surface area contributed by atoms with Gasteiger partial charge < -0.3 is 18.6 Å². The van der Waals surface area contributed by atoms with Crippen LogP contribution >= 0.6 is 0 Å². The van der Waals surface area contributed by atoms with Crippen LogP contribution in [-0.2, 0) is 37.1 Å². The van der Waals surface area contributed by atoms with Crippen molar-refractivity contribution in [3.05, 3.63) is 120 Å². The van der Waals surface area contributed by atoms with E-state index in [0.717, 1.165) is 12.1 Å². The van der Waals surface area contributed by atoms with Crippen molar-refractivity contribution in [3.8, 4) is 0 Å². The summed E-state index contributed by atoms with van der Waals surface area (Å²) in [5, 5.41) is -0.0612. The Kier molecular flexibility index (Phi) is 7.89. The van der Waals surface area contributed by atoms with Gasteiger partial charge in [-0.2, -0.15) is 0 Å². The molecule has 1 saturated heterocycles. The van der Waals surface area contributed by atoms with Gasteiger partial charge in [0.2, 0.25) is 8.32 Å². The summed E-state index contributed by atoms with van der Waals surface area (Å²) in [5.74, 6) is 0. The van der Waals surface area contributed by atoms with Crippen LogP contribution in [-0.4, -0.2) is 38.5 Å². The molecule has 0 amide bonds. The Hall–Kier alpha value is -2.70. The molecule has 39 heavy (non-hydrogen) atoms. The molecule has 4 nitrogen and oxygen atoms in total. The highest BCUT2D eigenvalue weighted by molar-refractivity contribution is 6.75. The fourth-order valence-electron chi connectivity index (χ4n) is 5.89. The second-order valence-electron chi connectivity index (χ2n) is 12.4. The number of benzene rings is 3. The second kappa shape index (κ2) is 11.1. The van der Waals surface area contributed by atoms with Crippen molar-refractivity contribution in [2.24, 2.45) is 0 Å². The summed E-state index contributed by atoms with van der Waals surface area (Å²) < 4.78 is 26.9. The number of ether oxygens (including phenoxy) is 3. The molecule has 0 N–H and O–H groups in total. The van der Waals surface area contributed by atoms with E-state index in [1.165, 1.54) is 16.7 Å². The normalized spacial score (nSPS) is 27.0. The molecule has 2 aliphatic rings. The van der Waals surface area contributed by atoms with E-state index in [1.54, 1.807) is 6.26 Å². The molecule has 3 aromatic rings. The molecule has 2 aliphatic heterocycles. The van der Waals surface area contributed by atoms with E-state index in [-0.39, 0.29) is 17.4 Å². The summed E-state index contributed by atoms with van der Waals surface area (Å²) in [6, 6.07) is 33.8. The van der Waals surface area contributed by atoms with Crippen LogP contribution in [0.1, 0.15) is 51.3 Å². The topological polar surface area (TPSA) is 36.9 Å². The first-order valence-electron chi connectivity index (χ1n) is 14.1. The van der Waals surface area contributed by atoms with Gasteiger partial charge in [-0.05, 0) is 53.7 Å². The molecular weight excluding hydrogens is 500 g/mol. The summed E-state index contributed by atoms with van der Waals surface area (Å²) in [5.41, 5.74) is 2.37. The largest absolute Gasteiger partial charge is 0.493 e. The third kappa shape index (κ3) is 5.78. The summed E-state index contributed by atoms with van der Waals surface area (Å²) in [7, 11) is -2.59. The minimum absolute atomic E-state index is 0.0612. The van der Waals surface area contributed by atoms with Gasteiger partial charge in [0, 0.05) is 6.42 Å². The number of hydrogen-bond acceptors (Lipinski definition) is 4. The lowest BCUT2D eigenvalue weighted by molar-refractivity contribution is -0.328. The highest BCUT2D eigenvalue weighted by Gasteiger charge is 2.61. The van der Waals surface area contributed by atoms with Crippen molar-refractivity contribution in [3.63, 3.8) is 0 Å². The molecule has 206 valence electrons. The van der Waals surface area contributed by atoms with Gasteiger partial charge in [0.1, 0.15) is 11.2 Å². The molecule has 5 heteroatoms. The van der Waals surface area contributed by atoms with Crippen molar-refractivity contribution in [2.75, 3.05) is 6.61 Å². The predicted octanol–water partition coefficient (Wildman–Crippen LogP) is 7.36. The maximum absolute atomic E-state index is 7.70. The van der Waals surface area contributed by atoms with Gasteiger partial charge in [-0.25, -0.2) is 0 Å². The maximum Gasteiger partial charge on any atom is 0.208 e. The lowest BCUT2D eigenvalue weighted by Crippen LogP contribution is -2.71. The average molecular weight is 543 g/mol. The lowest BCUT2D eigenvalue weighted by atomic mass is 9.79. The van der Waals surface area contributed by atoms with Crippen LogP contribution in [0.5, 0.6) is 0 Å². The van der Waals surface area contributed by atoms with Crippen LogP contribution in [0.4, 0.5) is 0 Å². The number of fused-ring (bicyclic) bond motifs is 1. The van der Waals surface area contributed by atoms with E-state index in [0.29, 0.717) is 13.0 Å². The van der Waals surface area contributed by atoms with E-state index in [1.807, 2.05) is 6.07 Å². The Labute approximate surface area is 235 Å². The van der Waals surface area contributed by atoms with Crippen LogP contribution < -0.4 is 0 Å². The second-order valence-corrected chi connectivity index (χ2v) is 16.8. The van der Waals surface area contributed by atoms with E-state index in [9.17, 15) is 0 Å². The Bertz CT molecular complexity index is 1200. The maximum atomic E-state index is 7.70. The molecule has 0 aliphatic carbocycles. The SMILES string of the molecule is CC(C)(C)[Si](Cc1ccccc1)(Cc1ccccc1)O[C@]1(C)C=COC2COC(Cc3ccccc3)O[C@]21C. The molecule has 4 atom stereocenters. The minimum Gasteiger partial charge on any atom is -0.493 e. The molecule has 0 bridgehead atoms. The quantitative estimate of drug-likeness (QED) is 0.279. The molecular formula is C34H42O4Si. The molecule has 2 unspecified atom stereocenters. The van der Waals surface area contributed by atoms with Crippen LogP contribution in [0, 0.1) is 0 Å². The van der Waals surface area contributed by atoms with Gasteiger partial charge in [-0.3, -0.25) is 0 Å². The lowest BCUT2D eigenvalue weighted by Gasteiger charge is -2.58. The van der Waals surface area contributed by atoms with Crippen LogP contribution in [0.15, 0.2) is 103 Å². The molecule has 5 rings (SSSR count). The highest BCUT2D eigenvalue weighted by Crippen LogP contribution is 2.50. The first-order valence-corrected chi connectivity index (χ1v) is 16.4. The third-order valence-electron chi connectivity index (χ3n) is 8.72. The first kappa shape index (κ1) is 27.8.